The molecule has 5 heteroatoms. The van der Waals surface area contributed by atoms with E-state index in [1.54, 1.807) is 30.3 Å². The fourth-order valence-corrected chi connectivity index (χ4v) is 2.63. The van der Waals surface area contributed by atoms with E-state index in [1.165, 1.54) is 6.07 Å². The van der Waals surface area contributed by atoms with Crippen LogP contribution in [0.2, 0.25) is 15.1 Å². The molecule has 0 fully saturated rings. The standard InChI is InChI=1S/C15H13Cl3FN/c16-11-4-5-13(17)10(6-11)8-12(20)7-9-2-1-3-14(18)15(9)19/h1-6,12H,7-8,20H2. The summed E-state index contributed by atoms with van der Waals surface area (Å²) in [5.74, 6) is -0.415. The van der Waals surface area contributed by atoms with Crippen LogP contribution in [0.25, 0.3) is 0 Å². The van der Waals surface area contributed by atoms with Gasteiger partial charge >= 0.3 is 0 Å². The lowest BCUT2D eigenvalue weighted by Gasteiger charge is -2.14. The Labute approximate surface area is 132 Å². The summed E-state index contributed by atoms with van der Waals surface area (Å²) in [4.78, 5) is 0. The molecule has 1 unspecified atom stereocenters. The Morgan fingerprint density at radius 1 is 0.950 bits per heavy atom. The molecule has 2 aromatic carbocycles. The number of nitrogens with two attached hydrogens (primary N) is 1. The summed E-state index contributed by atoms with van der Waals surface area (Å²) < 4.78 is 13.8. The van der Waals surface area contributed by atoms with E-state index in [4.69, 9.17) is 40.5 Å². The topological polar surface area (TPSA) is 26.0 Å². The molecule has 0 radical (unpaired) electrons. The van der Waals surface area contributed by atoms with E-state index < -0.39 is 5.82 Å². The molecule has 0 spiro atoms. The van der Waals surface area contributed by atoms with Crippen LogP contribution in [0, 0.1) is 5.82 Å². The maximum absolute atomic E-state index is 13.8. The van der Waals surface area contributed by atoms with E-state index in [-0.39, 0.29) is 11.1 Å². The first-order valence-electron chi connectivity index (χ1n) is 6.09. The first kappa shape index (κ1) is 15.6. The normalized spacial score (nSPS) is 12.4. The summed E-state index contributed by atoms with van der Waals surface area (Å²) in [6.45, 7) is 0. The molecular formula is C15H13Cl3FN. The summed E-state index contributed by atoms with van der Waals surface area (Å²) in [5, 5.41) is 1.32. The molecule has 0 amide bonds. The predicted molar refractivity (Wildman–Crippen MR) is 83.3 cm³/mol. The SMILES string of the molecule is NC(Cc1cc(Cl)ccc1Cl)Cc1cccc(Cl)c1F. The number of hydrogen-bond donors (Lipinski definition) is 1. The molecule has 0 aliphatic carbocycles. The van der Waals surface area contributed by atoms with E-state index in [2.05, 4.69) is 0 Å². The van der Waals surface area contributed by atoms with Crippen LogP contribution in [0.1, 0.15) is 11.1 Å². The Bertz CT molecular complexity index is 612. The van der Waals surface area contributed by atoms with Crippen LogP contribution in [0.4, 0.5) is 4.39 Å². The molecule has 1 atom stereocenters. The number of halogens is 4. The molecule has 20 heavy (non-hydrogen) atoms. The highest BCUT2D eigenvalue weighted by Crippen LogP contribution is 2.23. The van der Waals surface area contributed by atoms with Gasteiger partial charge in [-0.3, -0.25) is 0 Å². The average Bonchev–Trinajstić information content (AvgIpc) is 2.39. The van der Waals surface area contributed by atoms with E-state index in [9.17, 15) is 4.39 Å². The summed E-state index contributed by atoms with van der Waals surface area (Å²) in [5.41, 5.74) is 7.42. The van der Waals surface area contributed by atoms with Crippen molar-refractivity contribution in [2.45, 2.75) is 18.9 Å². The predicted octanol–water partition coefficient (Wildman–Crippen LogP) is 4.90. The lowest BCUT2D eigenvalue weighted by atomic mass is 9.99. The second-order valence-electron chi connectivity index (χ2n) is 4.62. The zero-order chi connectivity index (χ0) is 14.7. The molecule has 0 saturated carbocycles. The van der Waals surface area contributed by atoms with Crippen LogP contribution in [-0.2, 0) is 12.8 Å². The molecule has 0 aliphatic heterocycles. The van der Waals surface area contributed by atoms with Gasteiger partial charge in [0.05, 0.1) is 5.02 Å². The summed E-state index contributed by atoms with van der Waals surface area (Å²) in [6.07, 6.45) is 0.903. The fraction of sp³-hybridized carbons (Fsp3) is 0.200. The minimum Gasteiger partial charge on any atom is -0.327 e. The van der Waals surface area contributed by atoms with Crippen molar-refractivity contribution in [1.29, 1.82) is 0 Å². The van der Waals surface area contributed by atoms with Crippen molar-refractivity contribution in [2.75, 3.05) is 0 Å². The van der Waals surface area contributed by atoms with Crippen molar-refractivity contribution in [3.8, 4) is 0 Å². The minimum atomic E-state index is -0.415. The van der Waals surface area contributed by atoms with Gasteiger partial charge in [0.1, 0.15) is 5.82 Å². The summed E-state index contributed by atoms with van der Waals surface area (Å²) in [7, 11) is 0. The first-order valence-corrected chi connectivity index (χ1v) is 7.23. The molecule has 2 rings (SSSR count). The van der Waals surface area contributed by atoms with Gasteiger partial charge in [0.2, 0.25) is 0 Å². The van der Waals surface area contributed by atoms with E-state index in [1.807, 2.05) is 0 Å². The van der Waals surface area contributed by atoms with Gasteiger partial charge in [-0.25, -0.2) is 4.39 Å². The van der Waals surface area contributed by atoms with Crippen molar-refractivity contribution < 1.29 is 4.39 Å². The van der Waals surface area contributed by atoms with Crippen molar-refractivity contribution in [2.24, 2.45) is 5.73 Å². The van der Waals surface area contributed by atoms with Crippen LogP contribution in [0.5, 0.6) is 0 Å². The molecule has 0 heterocycles. The van der Waals surface area contributed by atoms with E-state index in [0.717, 1.165) is 5.56 Å². The van der Waals surface area contributed by atoms with Crippen LogP contribution < -0.4 is 5.73 Å². The quantitative estimate of drug-likeness (QED) is 0.847. The third kappa shape index (κ3) is 3.86. The van der Waals surface area contributed by atoms with Crippen LogP contribution in [0.15, 0.2) is 36.4 Å². The number of hydrogen-bond acceptors (Lipinski definition) is 1. The lowest BCUT2D eigenvalue weighted by Crippen LogP contribution is -2.26. The maximum atomic E-state index is 13.8. The highest BCUT2D eigenvalue weighted by molar-refractivity contribution is 6.33. The zero-order valence-corrected chi connectivity index (χ0v) is 12.8. The van der Waals surface area contributed by atoms with E-state index in [0.29, 0.717) is 28.5 Å². The van der Waals surface area contributed by atoms with Gasteiger partial charge in [-0.2, -0.15) is 0 Å². The Kier molecular flexibility index (Phi) is 5.28. The van der Waals surface area contributed by atoms with E-state index >= 15 is 0 Å². The molecule has 2 aromatic rings. The molecule has 106 valence electrons. The van der Waals surface area contributed by atoms with Crippen molar-refractivity contribution >= 4 is 34.8 Å². The van der Waals surface area contributed by atoms with Crippen LogP contribution in [-0.4, -0.2) is 6.04 Å². The number of benzene rings is 2. The van der Waals surface area contributed by atoms with Gasteiger partial charge in [0.15, 0.2) is 0 Å². The Hall–Kier alpha value is -0.800. The smallest absolute Gasteiger partial charge is 0.145 e. The van der Waals surface area contributed by atoms with Gasteiger partial charge in [-0.1, -0.05) is 46.9 Å². The maximum Gasteiger partial charge on any atom is 0.145 e. The van der Waals surface area contributed by atoms with Gasteiger partial charge < -0.3 is 5.73 Å². The van der Waals surface area contributed by atoms with Crippen molar-refractivity contribution in [3.05, 3.63) is 68.4 Å². The van der Waals surface area contributed by atoms with Crippen LogP contribution >= 0.6 is 34.8 Å². The average molecular weight is 333 g/mol. The Morgan fingerprint density at radius 2 is 1.65 bits per heavy atom. The highest BCUT2D eigenvalue weighted by Gasteiger charge is 2.13. The molecular weight excluding hydrogens is 320 g/mol. The van der Waals surface area contributed by atoms with Crippen molar-refractivity contribution in [1.82, 2.24) is 0 Å². The van der Waals surface area contributed by atoms with Gasteiger partial charge in [0.25, 0.3) is 0 Å². The Balaban J connectivity index is 2.11. The third-order valence-electron chi connectivity index (χ3n) is 3.00. The molecule has 2 N–H and O–H groups in total. The van der Waals surface area contributed by atoms with Gasteiger partial charge in [-0.05, 0) is 48.2 Å². The largest absolute Gasteiger partial charge is 0.327 e. The molecule has 1 nitrogen and oxygen atoms in total. The molecule has 0 saturated heterocycles. The third-order valence-corrected chi connectivity index (χ3v) is 3.90. The number of rotatable bonds is 4. The monoisotopic (exact) mass is 331 g/mol. The fourth-order valence-electron chi connectivity index (χ4n) is 2.04. The minimum absolute atomic E-state index is 0.107. The second kappa shape index (κ2) is 6.77. The molecule has 0 bridgehead atoms. The molecule has 0 aliphatic rings. The highest BCUT2D eigenvalue weighted by atomic mass is 35.5. The zero-order valence-electron chi connectivity index (χ0n) is 10.5. The van der Waals surface area contributed by atoms with Gasteiger partial charge in [0, 0.05) is 16.1 Å². The lowest BCUT2D eigenvalue weighted by molar-refractivity contribution is 0.584. The molecule has 0 aromatic heterocycles. The van der Waals surface area contributed by atoms with Gasteiger partial charge in [-0.15, -0.1) is 0 Å². The first-order chi connectivity index (χ1) is 9.47. The van der Waals surface area contributed by atoms with Crippen LogP contribution in [0.3, 0.4) is 0 Å². The van der Waals surface area contributed by atoms with Crippen molar-refractivity contribution in [3.63, 3.8) is 0 Å². The summed E-state index contributed by atoms with van der Waals surface area (Å²) >= 11 is 17.8. The second-order valence-corrected chi connectivity index (χ2v) is 5.87. The Morgan fingerprint density at radius 3 is 2.40 bits per heavy atom. The summed E-state index contributed by atoms with van der Waals surface area (Å²) in [6, 6.07) is 9.86.